The molecule has 0 amide bonds. The number of oxazole rings is 1. The molecular formula is C19H18N4O3S. The van der Waals surface area contributed by atoms with E-state index in [9.17, 15) is 8.42 Å². The number of sulfonamides is 1. The van der Waals surface area contributed by atoms with Gasteiger partial charge in [-0.25, -0.2) is 18.1 Å². The van der Waals surface area contributed by atoms with Crippen molar-refractivity contribution < 1.29 is 12.8 Å². The van der Waals surface area contributed by atoms with Crippen LogP contribution in [0.5, 0.6) is 0 Å². The topological polar surface area (TPSA) is 90.0 Å². The van der Waals surface area contributed by atoms with Crippen LogP contribution in [-0.4, -0.2) is 23.2 Å². The summed E-state index contributed by atoms with van der Waals surface area (Å²) in [5, 5.41) is 4.42. The number of benzene rings is 1. The highest BCUT2D eigenvalue weighted by molar-refractivity contribution is 7.89. The Morgan fingerprint density at radius 1 is 1.15 bits per heavy atom. The lowest BCUT2D eigenvalue weighted by molar-refractivity contribution is 0.558. The summed E-state index contributed by atoms with van der Waals surface area (Å²) >= 11 is 0. The van der Waals surface area contributed by atoms with Gasteiger partial charge >= 0.3 is 0 Å². The second-order valence-corrected chi connectivity index (χ2v) is 8.12. The molecule has 1 aliphatic heterocycles. The van der Waals surface area contributed by atoms with E-state index in [0.29, 0.717) is 11.5 Å². The van der Waals surface area contributed by atoms with Crippen molar-refractivity contribution in [3.8, 4) is 11.3 Å². The van der Waals surface area contributed by atoms with Crippen LogP contribution in [0.2, 0.25) is 0 Å². The first-order valence-electron chi connectivity index (χ1n) is 8.37. The molecule has 1 N–H and O–H groups in total. The highest BCUT2D eigenvalue weighted by Gasteiger charge is 2.20. The number of aryl methyl sites for hydroxylation is 1. The first-order valence-corrected chi connectivity index (χ1v) is 9.85. The zero-order valence-corrected chi connectivity index (χ0v) is 15.7. The molecule has 2 aromatic heterocycles. The molecule has 1 aliphatic rings. The number of aromatic nitrogens is 3. The minimum absolute atomic E-state index is 0.158. The highest BCUT2D eigenvalue weighted by atomic mass is 32.2. The lowest BCUT2D eigenvalue weighted by Crippen LogP contribution is -2.26. The van der Waals surface area contributed by atoms with E-state index in [-0.39, 0.29) is 4.90 Å². The van der Waals surface area contributed by atoms with E-state index in [1.54, 1.807) is 35.0 Å². The van der Waals surface area contributed by atoms with Gasteiger partial charge in [0.1, 0.15) is 17.8 Å². The van der Waals surface area contributed by atoms with Crippen molar-refractivity contribution in [1.82, 2.24) is 19.5 Å². The van der Waals surface area contributed by atoms with Gasteiger partial charge in [0.05, 0.1) is 16.3 Å². The van der Waals surface area contributed by atoms with E-state index in [0.717, 1.165) is 28.9 Å². The van der Waals surface area contributed by atoms with Crippen molar-refractivity contribution >= 4 is 15.8 Å². The van der Waals surface area contributed by atoms with E-state index in [1.807, 2.05) is 26.0 Å². The maximum absolute atomic E-state index is 12.9. The van der Waals surface area contributed by atoms with E-state index in [2.05, 4.69) is 14.8 Å². The van der Waals surface area contributed by atoms with Crippen molar-refractivity contribution in [2.45, 2.75) is 25.2 Å². The molecule has 0 saturated heterocycles. The van der Waals surface area contributed by atoms with Crippen molar-refractivity contribution in [1.29, 1.82) is 0 Å². The van der Waals surface area contributed by atoms with E-state index in [1.165, 1.54) is 12.7 Å². The fraction of sp³-hybridized carbons (Fsp3) is 0.158. The Morgan fingerprint density at radius 3 is 2.63 bits per heavy atom. The average molecular weight is 382 g/mol. The maximum atomic E-state index is 12.9. The summed E-state index contributed by atoms with van der Waals surface area (Å²) in [6, 6.07) is 8.43. The molecule has 138 valence electrons. The third-order valence-corrected chi connectivity index (χ3v) is 5.62. The second-order valence-electron chi connectivity index (χ2n) is 6.43. The van der Waals surface area contributed by atoms with Gasteiger partial charge in [-0.3, -0.25) is 4.72 Å². The van der Waals surface area contributed by atoms with Crippen molar-refractivity contribution in [2.75, 3.05) is 0 Å². The van der Waals surface area contributed by atoms with E-state index in [4.69, 9.17) is 4.42 Å². The van der Waals surface area contributed by atoms with Crippen LogP contribution in [0.25, 0.3) is 17.1 Å². The standard InChI is InChI=1S/C19H18N4O3S/c1-13-3-8-19(23-16(9-13)10-14(2)21-23)22-27(24,25)17-6-4-15(5-7-17)18-11-26-12-20-18/h3-8,10-12,22H,9H2,1-2H3. The quantitative estimate of drug-likeness (QED) is 0.749. The van der Waals surface area contributed by atoms with Gasteiger partial charge in [-0.1, -0.05) is 23.8 Å². The summed E-state index contributed by atoms with van der Waals surface area (Å²) in [5.41, 5.74) is 4.33. The second kappa shape index (κ2) is 6.55. The molecule has 3 heterocycles. The summed E-state index contributed by atoms with van der Waals surface area (Å²) in [5.74, 6) is 0.399. The predicted molar refractivity (Wildman–Crippen MR) is 101 cm³/mol. The Labute approximate surface area is 157 Å². The number of nitrogens with one attached hydrogen (secondary N) is 1. The molecule has 0 saturated carbocycles. The largest absolute Gasteiger partial charge is 0.451 e. The van der Waals surface area contributed by atoms with Crippen molar-refractivity contribution in [2.24, 2.45) is 0 Å². The zero-order chi connectivity index (χ0) is 19.0. The molecule has 1 aromatic carbocycles. The van der Waals surface area contributed by atoms with Gasteiger partial charge in [-0.05, 0) is 38.1 Å². The molecule has 0 unspecified atom stereocenters. The van der Waals surface area contributed by atoms with Gasteiger partial charge in [-0.2, -0.15) is 5.10 Å². The molecule has 0 atom stereocenters. The number of allylic oxidation sites excluding steroid dienone is 3. The van der Waals surface area contributed by atoms with Crippen LogP contribution < -0.4 is 4.72 Å². The monoisotopic (exact) mass is 382 g/mol. The molecule has 0 bridgehead atoms. The molecule has 0 aliphatic carbocycles. The molecule has 0 radical (unpaired) electrons. The van der Waals surface area contributed by atoms with Crippen molar-refractivity contribution in [3.63, 3.8) is 0 Å². The normalized spacial score (nSPS) is 14.1. The summed E-state index contributed by atoms with van der Waals surface area (Å²) in [6.45, 7) is 3.89. The van der Waals surface area contributed by atoms with Gasteiger partial charge in [0.2, 0.25) is 0 Å². The molecule has 0 fully saturated rings. The van der Waals surface area contributed by atoms with Crippen LogP contribution in [0.15, 0.2) is 70.0 Å². The molecule has 4 rings (SSSR count). The van der Waals surface area contributed by atoms with Gasteiger partial charge in [0.25, 0.3) is 10.0 Å². The fourth-order valence-corrected chi connectivity index (χ4v) is 4.00. The minimum atomic E-state index is -3.76. The van der Waals surface area contributed by atoms with Crippen molar-refractivity contribution in [3.05, 3.63) is 72.1 Å². The molecule has 27 heavy (non-hydrogen) atoms. The Kier molecular flexibility index (Phi) is 4.19. The Balaban J connectivity index is 1.65. The lowest BCUT2D eigenvalue weighted by Gasteiger charge is -2.13. The Hall–Kier alpha value is -3.13. The fourth-order valence-electron chi connectivity index (χ4n) is 2.96. The highest BCUT2D eigenvalue weighted by Crippen LogP contribution is 2.22. The van der Waals surface area contributed by atoms with Crippen LogP contribution in [0.1, 0.15) is 18.3 Å². The number of fused-ring (bicyclic) bond motifs is 1. The third kappa shape index (κ3) is 3.43. The smallest absolute Gasteiger partial charge is 0.263 e. The van der Waals surface area contributed by atoms with E-state index >= 15 is 0 Å². The van der Waals surface area contributed by atoms with Gasteiger partial charge in [-0.15, -0.1) is 0 Å². The minimum Gasteiger partial charge on any atom is -0.451 e. The summed E-state index contributed by atoms with van der Waals surface area (Å²) in [6.07, 6.45) is 7.19. The number of rotatable bonds is 4. The third-order valence-electron chi connectivity index (χ3n) is 4.25. The Bertz CT molecular complexity index is 1140. The van der Waals surface area contributed by atoms with Crippen LogP contribution in [-0.2, 0) is 16.4 Å². The lowest BCUT2D eigenvalue weighted by atomic mass is 10.1. The number of hydrogen-bond acceptors (Lipinski definition) is 5. The van der Waals surface area contributed by atoms with Gasteiger partial charge in [0.15, 0.2) is 6.39 Å². The average Bonchev–Trinajstić information content (AvgIpc) is 3.26. The van der Waals surface area contributed by atoms with Gasteiger partial charge in [0, 0.05) is 12.0 Å². The van der Waals surface area contributed by atoms with Crippen LogP contribution in [0.4, 0.5) is 0 Å². The summed E-state index contributed by atoms with van der Waals surface area (Å²) < 4.78 is 35.0. The molecule has 3 aromatic rings. The predicted octanol–water partition coefficient (Wildman–Crippen LogP) is 3.13. The van der Waals surface area contributed by atoms with Gasteiger partial charge < -0.3 is 4.42 Å². The molecule has 0 spiro atoms. The summed E-state index contributed by atoms with van der Waals surface area (Å²) in [4.78, 5) is 4.22. The SMILES string of the molecule is CC1=CC=C(NS(=O)(=O)c2ccc(-c3cocn3)cc2)n2nc(C)cc2C1. The molecule has 7 nitrogen and oxygen atoms in total. The van der Waals surface area contributed by atoms with E-state index < -0.39 is 10.0 Å². The molecule has 8 heteroatoms. The maximum Gasteiger partial charge on any atom is 0.263 e. The zero-order valence-electron chi connectivity index (χ0n) is 14.9. The van der Waals surface area contributed by atoms with Crippen LogP contribution in [0.3, 0.4) is 0 Å². The summed E-state index contributed by atoms with van der Waals surface area (Å²) in [7, 11) is -3.76. The Morgan fingerprint density at radius 2 is 1.93 bits per heavy atom. The van der Waals surface area contributed by atoms with Crippen LogP contribution >= 0.6 is 0 Å². The number of nitrogens with zero attached hydrogens (tertiary/aromatic N) is 3. The first-order chi connectivity index (χ1) is 12.9. The molecular weight excluding hydrogens is 364 g/mol. The van der Waals surface area contributed by atoms with Crippen LogP contribution in [0, 0.1) is 6.92 Å². The number of hydrogen-bond donors (Lipinski definition) is 1. The first kappa shape index (κ1) is 17.3.